The Bertz CT molecular complexity index is 576. The summed E-state index contributed by atoms with van der Waals surface area (Å²) in [7, 11) is 0. The molecule has 1 aliphatic heterocycles. The minimum absolute atomic E-state index is 0.255. The van der Waals surface area contributed by atoms with Crippen LogP contribution in [0, 0.1) is 11.2 Å². The fraction of sp³-hybridized carbons (Fsp3) is 0.467. The number of rotatable bonds is 5. The molecule has 114 valence electrons. The largest absolute Gasteiger partial charge is 0.481 e. The second-order valence-electron chi connectivity index (χ2n) is 5.57. The van der Waals surface area contributed by atoms with E-state index in [0.717, 1.165) is 0 Å². The van der Waals surface area contributed by atoms with Gasteiger partial charge in [-0.25, -0.2) is 4.39 Å². The van der Waals surface area contributed by atoms with E-state index in [2.05, 4.69) is 0 Å². The average molecular weight is 294 g/mol. The van der Waals surface area contributed by atoms with E-state index in [-0.39, 0.29) is 12.1 Å². The number of nitrogens with zero attached hydrogens (tertiary/aromatic N) is 1. The van der Waals surface area contributed by atoms with Gasteiger partial charge in [-0.1, -0.05) is 6.92 Å². The van der Waals surface area contributed by atoms with Gasteiger partial charge in [0.15, 0.2) is 0 Å². The molecule has 2 rings (SSSR count). The fourth-order valence-corrected chi connectivity index (χ4v) is 2.80. The van der Waals surface area contributed by atoms with E-state index < -0.39 is 23.1 Å². The Morgan fingerprint density at radius 3 is 2.71 bits per heavy atom. The first-order valence-corrected chi connectivity index (χ1v) is 6.92. The maximum absolute atomic E-state index is 13.8. The van der Waals surface area contributed by atoms with Crippen molar-refractivity contribution in [1.82, 2.24) is 4.90 Å². The minimum atomic E-state index is -0.807. The van der Waals surface area contributed by atoms with Crippen LogP contribution in [0.5, 0.6) is 0 Å². The molecule has 6 heteroatoms. The lowest BCUT2D eigenvalue weighted by Crippen LogP contribution is -2.34. The van der Waals surface area contributed by atoms with Crippen LogP contribution in [0.4, 0.5) is 4.39 Å². The maximum atomic E-state index is 13.8. The van der Waals surface area contributed by atoms with Gasteiger partial charge < -0.3 is 10.8 Å². The van der Waals surface area contributed by atoms with E-state index in [0.29, 0.717) is 31.5 Å². The summed E-state index contributed by atoms with van der Waals surface area (Å²) >= 11 is 0. The Balaban J connectivity index is 2.15. The van der Waals surface area contributed by atoms with E-state index in [9.17, 15) is 19.1 Å². The number of carboxylic acid groups (broad SMARTS) is 1. The highest BCUT2D eigenvalue weighted by molar-refractivity contribution is 5.92. The minimum Gasteiger partial charge on any atom is -0.481 e. The van der Waals surface area contributed by atoms with Crippen LogP contribution in [-0.4, -0.2) is 35.0 Å². The van der Waals surface area contributed by atoms with Gasteiger partial charge in [0, 0.05) is 24.2 Å². The zero-order valence-corrected chi connectivity index (χ0v) is 11.9. The predicted molar refractivity (Wildman–Crippen MR) is 75.2 cm³/mol. The van der Waals surface area contributed by atoms with Crippen molar-refractivity contribution in [2.24, 2.45) is 11.1 Å². The molecule has 21 heavy (non-hydrogen) atoms. The predicted octanol–water partition coefficient (Wildman–Crippen LogP) is 1.61. The molecule has 1 aromatic rings. The molecular weight excluding hydrogens is 275 g/mol. The highest BCUT2D eigenvalue weighted by atomic mass is 19.1. The number of carbonyl (C=O) groups excluding carboxylic acids is 1. The van der Waals surface area contributed by atoms with Crippen LogP contribution in [0.15, 0.2) is 18.2 Å². The maximum Gasteiger partial charge on any atom is 0.310 e. The molecular formula is C15H19FN2O3. The molecule has 1 unspecified atom stereocenters. The molecule has 1 aromatic carbocycles. The number of carboxylic acids is 1. The number of amides is 1. The summed E-state index contributed by atoms with van der Waals surface area (Å²) in [6, 6.07) is 4.00. The summed E-state index contributed by atoms with van der Waals surface area (Å²) in [6.45, 7) is 3.12. The van der Waals surface area contributed by atoms with Crippen molar-refractivity contribution >= 4 is 11.9 Å². The molecule has 0 saturated carbocycles. The van der Waals surface area contributed by atoms with Gasteiger partial charge in [0.2, 0.25) is 5.91 Å². The number of benzene rings is 1. The molecule has 1 aliphatic rings. The van der Waals surface area contributed by atoms with Gasteiger partial charge in [-0.05, 0) is 37.6 Å². The number of primary amides is 1. The summed E-state index contributed by atoms with van der Waals surface area (Å²) in [4.78, 5) is 24.5. The first-order chi connectivity index (χ1) is 9.88. The second-order valence-corrected chi connectivity index (χ2v) is 5.57. The van der Waals surface area contributed by atoms with E-state index in [1.54, 1.807) is 0 Å². The molecule has 0 aliphatic carbocycles. The molecule has 0 radical (unpaired) electrons. The molecule has 1 saturated heterocycles. The number of hydrogen-bond acceptors (Lipinski definition) is 3. The fourth-order valence-electron chi connectivity index (χ4n) is 2.80. The quantitative estimate of drug-likeness (QED) is 0.864. The Hall–Kier alpha value is -1.95. The normalized spacial score (nSPS) is 22.4. The number of nitrogens with two attached hydrogens (primary N) is 1. The number of carbonyl (C=O) groups is 2. The molecule has 1 atom stereocenters. The summed E-state index contributed by atoms with van der Waals surface area (Å²) in [5, 5.41) is 9.36. The van der Waals surface area contributed by atoms with Gasteiger partial charge >= 0.3 is 5.97 Å². The lowest BCUT2D eigenvalue weighted by molar-refractivity contribution is -0.148. The van der Waals surface area contributed by atoms with Crippen LogP contribution in [0.3, 0.4) is 0 Å². The third-order valence-corrected chi connectivity index (χ3v) is 4.29. The van der Waals surface area contributed by atoms with Gasteiger partial charge in [0.1, 0.15) is 5.82 Å². The van der Waals surface area contributed by atoms with Gasteiger partial charge in [-0.2, -0.15) is 0 Å². The molecule has 0 spiro atoms. The summed E-state index contributed by atoms with van der Waals surface area (Å²) in [5.74, 6) is -1.82. The van der Waals surface area contributed by atoms with Crippen LogP contribution in [0.25, 0.3) is 0 Å². The highest BCUT2D eigenvalue weighted by Gasteiger charge is 2.43. The van der Waals surface area contributed by atoms with E-state index >= 15 is 0 Å². The van der Waals surface area contributed by atoms with E-state index in [1.807, 2.05) is 11.8 Å². The van der Waals surface area contributed by atoms with Gasteiger partial charge in [-0.15, -0.1) is 0 Å². The Kier molecular flexibility index (Phi) is 4.27. The SMILES string of the molecule is CCC1(C(=O)O)CCN(Cc2cc(C(N)=O)ccc2F)C1. The topological polar surface area (TPSA) is 83.6 Å². The third kappa shape index (κ3) is 3.05. The lowest BCUT2D eigenvalue weighted by atomic mass is 9.84. The third-order valence-electron chi connectivity index (χ3n) is 4.29. The monoisotopic (exact) mass is 294 g/mol. The smallest absolute Gasteiger partial charge is 0.310 e. The zero-order valence-electron chi connectivity index (χ0n) is 11.9. The van der Waals surface area contributed by atoms with Crippen molar-refractivity contribution in [3.8, 4) is 0 Å². The Labute approximate surface area is 122 Å². The zero-order chi connectivity index (χ0) is 15.6. The van der Waals surface area contributed by atoms with E-state index in [1.165, 1.54) is 18.2 Å². The highest BCUT2D eigenvalue weighted by Crippen LogP contribution is 2.35. The average Bonchev–Trinajstić information content (AvgIpc) is 2.85. The molecule has 1 amide bonds. The van der Waals surface area contributed by atoms with Crippen molar-refractivity contribution in [1.29, 1.82) is 0 Å². The van der Waals surface area contributed by atoms with Gasteiger partial charge in [0.25, 0.3) is 0 Å². The van der Waals surface area contributed by atoms with Crippen LogP contribution in [0.1, 0.15) is 35.7 Å². The summed E-state index contributed by atoms with van der Waals surface area (Å²) in [5.41, 5.74) is 5.06. The lowest BCUT2D eigenvalue weighted by Gasteiger charge is -2.23. The van der Waals surface area contributed by atoms with Crippen molar-refractivity contribution in [3.05, 3.63) is 35.1 Å². The summed E-state index contributed by atoms with van der Waals surface area (Å²) < 4.78 is 13.8. The van der Waals surface area contributed by atoms with Crippen molar-refractivity contribution < 1.29 is 19.1 Å². The van der Waals surface area contributed by atoms with Crippen LogP contribution in [0.2, 0.25) is 0 Å². The Morgan fingerprint density at radius 1 is 1.48 bits per heavy atom. The van der Waals surface area contributed by atoms with Gasteiger partial charge in [-0.3, -0.25) is 14.5 Å². The first-order valence-electron chi connectivity index (χ1n) is 6.92. The van der Waals surface area contributed by atoms with Crippen LogP contribution < -0.4 is 5.73 Å². The first kappa shape index (κ1) is 15.4. The molecule has 0 aromatic heterocycles. The summed E-state index contributed by atoms with van der Waals surface area (Å²) in [6.07, 6.45) is 1.10. The number of likely N-dealkylation sites (tertiary alicyclic amines) is 1. The molecule has 1 heterocycles. The Morgan fingerprint density at radius 2 is 2.19 bits per heavy atom. The molecule has 1 fully saturated rings. The number of hydrogen-bond donors (Lipinski definition) is 2. The van der Waals surface area contributed by atoms with E-state index in [4.69, 9.17) is 5.73 Å². The standard InChI is InChI=1S/C15H19FN2O3/c1-2-15(14(20)21)5-6-18(9-15)8-11-7-10(13(17)19)3-4-12(11)16/h3-4,7H,2,5-6,8-9H2,1H3,(H2,17,19)(H,20,21). The van der Waals surface area contributed by atoms with Crippen molar-refractivity contribution in [2.45, 2.75) is 26.3 Å². The van der Waals surface area contributed by atoms with Crippen LogP contribution >= 0.6 is 0 Å². The number of halogens is 1. The van der Waals surface area contributed by atoms with Gasteiger partial charge in [0.05, 0.1) is 5.41 Å². The van der Waals surface area contributed by atoms with Crippen LogP contribution in [-0.2, 0) is 11.3 Å². The molecule has 5 nitrogen and oxygen atoms in total. The second kappa shape index (κ2) is 5.81. The van der Waals surface area contributed by atoms with Crippen molar-refractivity contribution in [3.63, 3.8) is 0 Å². The van der Waals surface area contributed by atoms with Crippen molar-refractivity contribution in [2.75, 3.05) is 13.1 Å². The molecule has 0 bridgehead atoms. The number of aliphatic carboxylic acids is 1. The molecule has 3 N–H and O–H groups in total.